The number of ether oxygens (including phenoxy) is 1. The van der Waals surface area contributed by atoms with Crippen LogP contribution in [0.1, 0.15) is 40.5 Å². The molecule has 0 bridgehead atoms. The van der Waals surface area contributed by atoms with Crippen LogP contribution in [0.25, 0.3) is 0 Å². The highest BCUT2D eigenvalue weighted by Crippen LogP contribution is 2.40. The first-order valence-electron chi connectivity index (χ1n) is 5.21. The quantitative estimate of drug-likeness (QED) is 0.487. The van der Waals surface area contributed by atoms with Gasteiger partial charge in [-0.2, -0.15) is 0 Å². The molecule has 0 radical (unpaired) electrons. The Morgan fingerprint density at radius 3 is 2.60 bits per heavy atom. The van der Waals surface area contributed by atoms with Crippen LogP contribution in [-0.2, 0) is 9.53 Å². The summed E-state index contributed by atoms with van der Waals surface area (Å²) in [7, 11) is 0. The van der Waals surface area contributed by atoms with E-state index in [0.717, 1.165) is 18.4 Å². The lowest BCUT2D eigenvalue weighted by molar-refractivity contribution is -0.147. The average Bonchev–Trinajstić information content (AvgIpc) is 1.99. The van der Waals surface area contributed by atoms with Gasteiger partial charge in [-0.3, -0.25) is 4.79 Å². The first-order chi connectivity index (χ1) is 6.86. The lowest BCUT2D eigenvalue weighted by Crippen LogP contribution is -2.31. The summed E-state index contributed by atoms with van der Waals surface area (Å²) in [4.78, 5) is 10.9. The van der Waals surface area contributed by atoms with Crippen LogP contribution in [0.2, 0.25) is 0 Å². The van der Waals surface area contributed by atoms with E-state index in [2.05, 4.69) is 19.8 Å². The molecule has 15 heavy (non-hydrogen) atoms. The molecule has 1 rings (SSSR count). The van der Waals surface area contributed by atoms with Gasteiger partial charge >= 0.3 is 5.97 Å². The summed E-state index contributed by atoms with van der Waals surface area (Å²) in [5.41, 5.74) is 2.17. The van der Waals surface area contributed by atoms with Gasteiger partial charge in [0.1, 0.15) is 6.10 Å². The normalized spacial score (nSPS) is 24.6. The van der Waals surface area contributed by atoms with Crippen LogP contribution in [0.5, 0.6) is 0 Å². The maximum absolute atomic E-state index is 10.9. The van der Waals surface area contributed by atoms with Crippen molar-refractivity contribution < 1.29 is 9.53 Å². The Labute approximate surface area is 91.7 Å². The molecular formula is C13H18O2. The Balaban J connectivity index is 2.90. The minimum Gasteiger partial charge on any atom is -0.462 e. The molecule has 0 N–H and O–H groups in total. The van der Waals surface area contributed by atoms with Gasteiger partial charge in [-0.25, -0.2) is 0 Å². The number of carbonyl (C=O) groups excluding carboxylic acids is 1. The molecule has 0 aromatic rings. The smallest absolute Gasteiger partial charge is 0.302 e. The summed E-state index contributed by atoms with van der Waals surface area (Å²) >= 11 is 0. The summed E-state index contributed by atoms with van der Waals surface area (Å²) in [6.07, 6.45) is 7.06. The van der Waals surface area contributed by atoms with E-state index in [9.17, 15) is 4.79 Å². The second-order valence-electron chi connectivity index (χ2n) is 4.82. The second-order valence-corrected chi connectivity index (χ2v) is 4.82. The number of carbonyl (C=O) groups is 1. The fourth-order valence-corrected chi connectivity index (χ4v) is 2.40. The predicted octanol–water partition coefficient (Wildman–Crippen LogP) is 2.69. The summed E-state index contributed by atoms with van der Waals surface area (Å²) in [5.74, 6) is 2.54. The largest absolute Gasteiger partial charge is 0.462 e. The first-order valence-corrected chi connectivity index (χ1v) is 5.21. The molecule has 0 amide bonds. The van der Waals surface area contributed by atoms with Gasteiger partial charge in [0, 0.05) is 24.3 Å². The maximum Gasteiger partial charge on any atom is 0.302 e. The lowest BCUT2D eigenvalue weighted by Gasteiger charge is -2.36. The highest BCUT2D eigenvalue weighted by Gasteiger charge is 2.34. The lowest BCUT2D eigenvalue weighted by atomic mass is 9.72. The van der Waals surface area contributed by atoms with Crippen molar-refractivity contribution in [3.05, 3.63) is 11.1 Å². The van der Waals surface area contributed by atoms with Crippen molar-refractivity contribution in [2.75, 3.05) is 0 Å². The molecule has 1 aliphatic rings. The van der Waals surface area contributed by atoms with Crippen molar-refractivity contribution in [1.82, 2.24) is 0 Å². The summed E-state index contributed by atoms with van der Waals surface area (Å²) < 4.78 is 5.25. The third kappa shape index (κ3) is 2.62. The van der Waals surface area contributed by atoms with Crippen molar-refractivity contribution in [2.24, 2.45) is 5.41 Å². The molecule has 0 spiro atoms. The number of esters is 1. The molecule has 82 valence electrons. The van der Waals surface area contributed by atoms with Crippen molar-refractivity contribution >= 4 is 5.97 Å². The van der Waals surface area contributed by atoms with E-state index in [1.54, 1.807) is 0 Å². The molecule has 2 nitrogen and oxygen atoms in total. The van der Waals surface area contributed by atoms with Crippen LogP contribution in [0.4, 0.5) is 0 Å². The standard InChI is InChI=1S/C13H18O2/c1-6-12-9(2)7-11(15-10(3)14)8-13(12,4)5/h1,11H,7-8H2,2-5H3/t11-/m1/s1. The maximum atomic E-state index is 10.9. The number of rotatable bonds is 1. The van der Waals surface area contributed by atoms with E-state index in [4.69, 9.17) is 11.2 Å². The molecule has 0 saturated heterocycles. The number of allylic oxidation sites excluding steroid dienone is 1. The van der Waals surface area contributed by atoms with Crippen molar-refractivity contribution in [1.29, 1.82) is 0 Å². The van der Waals surface area contributed by atoms with E-state index >= 15 is 0 Å². The molecule has 0 aromatic carbocycles. The minimum atomic E-state index is -0.215. The predicted molar refractivity (Wildman–Crippen MR) is 60.1 cm³/mol. The monoisotopic (exact) mass is 206 g/mol. The average molecular weight is 206 g/mol. The zero-order valence-electron chi connectivity index (χ0n) is 9.89. The number of hydrogen-bond donors (Lipinski definition) is 0. The molecule has 0 aromatic heterocycles. The van der Waals surface area contributed by atoms with Crippen LogP contribution in [0.3, 0.4) is 0 Å². The Bertz CT molecular complexity index is 342. The van der Waals surface area contributed by atoms with Crippen molar-refractivity contribution in [2.45, 2.75) is 46.6 Å². The van der Waals surface area contributed by atoms with Crippen molar-refractivity contribution in [3.63, 3.8) is 0 Å². The molecule has 1 aliphatic carbocycles. The van der Waals surface area contributed by atoms with Crippen LogP contribution >= 0.6 is 0 Å². The van der Waals surface area contributed by atoms with Gasteiger partial charge in [0.25, 0.3) is 0 Å². The van der Waals surface area contributed by atoms with E-state index in [1.807, 2.05) is 6.92 Å². The Morgan fingerprint density at radius 1 is 1.60 bits per heavy atom. The molecule has 0 fully saturated rings. The fraction of sp³-hybridized carbons (Fsp3) is 0.615. The van der Waals surface area contributed by atoms with Gasteiger partial charge < -0.3 is 4.74 Å². The second kappa shape index (κ2) is 4.10. The van der Waals surface area contributed by atoms with E-state index in [-0.39, 0.29) is 17.5 Å². The van der Waals surface area contributed by atoms with Gasteiger partial charge in [-0.05, 0) is 13.3 Å². The summed E-state index contributed by atoms with van der Waals surface area (Å²) in [6, 6.07) is 0. The zero-order chi connectivity index (χ0) is 11.6. The first kappa shape index (κ1) is 11.8. The summed E-state index contributed by atoms with van der Waals surface area (Å²) in [6.45, 7) is 7.66. The fourth-order valence-electron chi connectivity index (χ4n) is 2.40. The van der Waals surface area contributed by atoms with E-state index in [0.29, 0.717) is 0 Å². The summed E-state index contributed by atoms with van der Waals surface area (Å²) in [5, 5.41) is 0. The molecule has 0 unspecified atom stereocenters. The Hall–Kier alpha value is -1.23. The van der Waals surface area contributed by atoms with Crippen LogP contribution < -0.4 is 0 Å². The molecule has 2 heteroatoms. The molecule has 0 heterocycles. The minimum absolute atomic E-state index is 0.0189. The van der Waals surface area contributed by atoms with E-state index in [1.165, 1.54) is 12.5 Å². The third-order valence-electron chi connectivity index (χ3n) is 2.85. The van der Waals surface area contributed by atoms with Crippen molar-refractivity contribution in [3.8, 4) is 12.3 Å². The SMILES string of the molecule is C#CC1=C(C)C[C@@H](OC(C)=O)CC1(C)C. The zero-order valence-corrected chi connectivity index (χ0v) is 9.89. The highest BCUT2D eigenvalue weighted by molar-refractivity contribution is 5.66. The Kier molecular flexibility index (Phi) is 3.24. The molecular weight excluding hydrogens is 188 g/mol. The van der Waals surface area contributed by atoms with Gasteiger partial charge in [-0.15, -0.1) is 6.42 Å². The van der Waals surface area contributed by atoms with Gasteiger partial charge in [0.15, 0.2) is 0 Å². The van der Waals surface area contributed by atoms with Crippen LogP contribution in [-0.4, -0.2) is 12.1 Å². The molecule has 0 aliphatic heterocycles. The molecule has 1 atom stereocenters. The van der Waals surface area contributed by atoms with Crippen LogP contribution in [0.15, 0.2) is 11.1 Å². The number of terminal acetylenes is 1. The highest BCUT2D eigenvalue weighted by atomic mass is 16.5. The molecule has 0 saturated carbocycles. The van der Waals surface area contributed by atoms with Gasteiger partial charge in [0.05, 0.1) is 0 Å². The van der Waals surface area contributed by atoms with Gasteiger partial charge in [-0.1, -0.05) is 25.3 Å². The van der Waals surface area contributed by atoms with Gasteiger partial charge in [0.2, 0.25) is 0 Å². The van der Waals surface area contributed by atoms with Crippen LogP contribution in [0, 0.1) is 17.8 Å². The van der Waals surface area contributed by atoms with E-state index < -0.39 is 0 Å². The number of hydrogen-bond acceptors (Lipinski definition) is 2. The Morgan fingerprint density at radius 2 is 2.20 bits per heavy atom. The third-order valence-corrected chi connectivity index (χ3v) is 2.85. The topological polar surface area (TPSA) is 26.3 Å².